The highest BCUT2D eigenvalue weighted by Gasteiger charge is 2.07. The van der Waals surface area contributed by atoms with Crippen molar-refractivity contribution >= 4 is 11.4 Å². The number of hydrogen-bond acceptors (Lipinski definition) is 2. The Kier molecular flexibility index (Phi) is 3.82. The lowest BCUT2D eigenvalue weighted by atomic mass is 10.1. The van der Waals surface area contributed by atoms with E-state index in [9.17, 15) is 4.39 Å². The van der Waals surface area contributed by atoms with Crippen molar-refractivity contribution in [1.82, 2.24) is 0 Å². The van der Waals surface area contributed by atoms with E-state index in [1.165, 1.54) is 6.07 Å². The first kappa shape index (κ1) is 12.4. The maximum Gasteiger partial charge on any atom is 0.125 e. The van der Waals surface area contributed by atoms with Crippen LogP contribution in [-0.4, -0.2) is 6.54 Å². The van der Waals surface area contributed by atoms with Crippen LogP contribution in [0.1, 0.15) is 12.5 Å². The molecule has 2 N–H and O–H groups in total. The van der Waals surface area contributed by atoms with Gasteiger partial charge in [-0.25, -0.2) is 4.39 Å². The fraction of sp³-hybridized carbons (Fsp3) is 0.200. The zero-order valence-electron chi connectivity index (χ0n) is 10.4. The number of para-hydroxylation sites is 1. The highest BCUT2D eigenvalue weighted by atomic mass is 19.1. The van der Waals surface area contributed by atoms with Gasteiger partial charge in [-0.05, 0) is 36.8 Å². The average Bonchev–Trinajstić information content (AvgIpc) is 2.38. The molecule has 0 amide bonds. The van der Waals surface area contributed by atoms with Crippen LogP contribution in [0.5, 0.6) is 0 Å². The minimum Gasteiger partial charge on any atom is -0.398 e. The molecule has 0 saturated carbocycles. The summed E-state index contributed by atoms with van der Waals surface area (Å²) in [7, 11) is 0. The van der Waals surface area contributed by atoms with Crippen LogP contribution < -0.4 is 10.6 Å². The summed E-state index contributed by atoms with van der Waals surface area (Å²) in [4.78, 5) is 2.09. The first-order valence-corrected chi connectivity index (χ1v) is 6.04. The molecule has 0 unspecified atom stereocenters. The molecule has 0 bridgehead atoms. The van der Waals surface area contributed by atoms with Gasteiger partial charge in [0.1, 0.15) is 5.82 Å². The Hall–Kier alpha value is -2.03. The zero-order valence-corrected chi connectivity index (χ0v) is 10.4. The van der Waals surface area contributed by atoms with E-state index in [-0.39, 0.29) is 5.82 Å². The molecule has 0 saturated heterocycles. The molecule has 0 aliphatic carbocycles. The Bertz CT molecular complexity index is 525. The highest BCUT2D eigenvalue weighted by molar-refractivity contribution is 5.52. The second kappa shape index (κ2) is 5.54. The van der Waals surface area contributed by atoms with Crippen LogP contribution >= 0.6 is 0 Å². The number of anilines is 2. The molecule has 94 valence electrons. The summed E-state index contributed by atoms with van der Waals surface area (Å²) >= 11 is 0. The molecular formula is C15H17FN2. The third-order valence-corrected chi connectivity index (χ3v) is 2.97. The van der Waals surface area contributed by atoms with E-state index in [1.54, 1.807) is 12.1 Å². The molecule has 18 heavy (non-hydrogen) atoms. The molecule has 2 nitrogen and oxygen atoms in total. The predicted molar refractivity (Wildman–Crippen MR) is 74.0 cm³/mol. The normalized spacial score (nSPS) is 10.3. The molecule has 2 rings (SSSR count). The van der Waals surface area contributed by atoms with Gasteiger partial charge in [0.05, 0.1) is 0 Å². The van der Waals surface area contributed by atoms with Crippen molar-refractivity contribution < 1.29 is 4.39 Å². The van der Waals surface area contributed by atoms with Crippen molar-refractivity contribution in [3.63, 3.8) is 0 Å². The number of nitrogens with zero attached hydrogens (tertiary/aromatic N) is 1. The van der Waals surface area contributed by atoms with Crippen LogP contribution in [0.4, 0.5) is 15.8 Å². The quantitative estimate of drug-likeness (QED) is 0.835. The van der Waals surface area contributed by atoms with E-state index in [0.29, 0.717) is 6.54 Å². The van der Waals surface area contributed by atoms with E-state index in [1.807, 2.05) is 37.3 Å². The fourth-order valence-corrected chi connectivity index (χ4v) is 1.94. The summed E-state index contributed by atoms with van der Waals surface area (Å²) in [5.74, 6) is -0.216. The summed E-state index contributed by atoms with van der Waals surface area (Å²) in [6, 6.07) is 14.4. The second-order valence-corrected chi connectivity index (χ2v) is 4.19. The van der Waals surface area contributed by atoms with Gasteiger partial charge in [-0.2, -0.15) is 0 Å². The molecule has 0 heterocycles. The largest absolute Gasteiger partial charge is 0.398 e. The molecule has 0 radical (unpaired) electrons. The fourth-order valence-electron chi connectivity index (χ4n) is 1.94. The van der Waals surface area contributed by atoms with Gasteiger partial charge in [0, 0.05) is 24.5 Å². The number of nitrogens with two attached hydrogens (primary N) is 1. The Morgan fingerprint density at radius 2 is 1.89 bits per heavy atom. The number of halogens is 1. The van der Waals surface area contributed by atoms with Gasteiger partial charge in [0.2, 0.25) is 0 Å². The first-order chi connectivity index (χ1) is 8.70. The van der Waals surface area contributed by atoms with Crippen molar-refractivity contribution in [2.24, 2.45) is 0 Å². The first-order valence-electron chi connectivity index (χ1n) is 6.04. The Morgan fingerprint density at radius 1 is 1.11 bits per heavy atom. The molecule has 2 aromatic rings. The van der Waals surface area contributed by atoms with Crippen LogP contribution in [0.25, 0.3) is 0 Å². The lowest BCUT2D eigenvalue weighted by Gasteiger charge is -2.24. The van der Waals surface area contributed by atoms with Gasteiger partial charge >= 0.3 is 0 Å². The lowest BCUT2D eigenvalue weighted by molar-refractivity contribution is 0.626. The number of nitrogen functional groups attached to an aromatic ring is 1. The molecular weight excluding hydrogens is 227 g/mol. The van der Waals surface area contributed by atoms with Crippen molar-refractivity contribution in [2.45, 2.75) is 13.5 Å². The highest BCUT2D eigenvalue weighted by Crippen LogP contribution is 2.20. The van der Waals surface area contributed by atoms with Gasteiger partial charge in [0.25, 0.3) is 0 Å². The van der Waals surface area contributed by atoms with Gasteiger partial charge in [0.15, 0.2) is 0 Å². The monoisotopic (exact) mass is 244 g/mol. The summed E-state index contributed by atoms with van der Waals surface area (Å²) in [5.41, 5.74) is 8.64. The van der Waals surface area contributed by atoms with Crippen LogP contribution in [0.15, 0.2) is 48.5 Å². The molecule has 0 aliphatic heterocycles. The molecule has 0 aliphatic rings. The van der Waals surface area contributed by atoms with Crippen molar-refractivity contribution in [3.8, 4) is 0 Å². The minimum absolute atomic E-state index is 0.216. The topological polar surface area (TPSA) is 29.3 Å². The molecule has 3 heteroatoms. The third kappa shape index (κ3) is 2.80. The Labute approximate surface area is 107 Å². The van der Waals surface area contributed by atoms with Gasteiger partial charge in [-0.3, -0.25) is 0 Å². The summed E-state index contributed by atoms with van der Waals surface area (Å²) in [6.07, 6.45) is 0. The molecule has 2 aromatic carbocycles. The van der Waals surface area contributed by atoms with E-state index < -0.39 is 0 Å². The van der Waals surface area contributed by atoms with Crippen LogP contribution in [0.3, 0.4) is 0 Å². The van der Waals surface area contributed by atoms with E-state index in [0.717, 1.165) is 23.5 Å². The van der Waals surface area contributed by atoms with E-state index in [2.05, 4.69) is 4.90 Å². The number of rotatable bonds is 4. The maximum absolute atomic E-state index is 13.2. The molecule has 0 aromatic heterocycles. The Morgan fingerprint density at radius 3 is 2.56 bits per heavy atom. The SMILES string of the molecule is CCN(Cc1ccccc1N)c1cccc(F)c1. The number of hydrogen-bond donors (Lipinski definition) is 1. The van der Waals surface area contributed by atoms with Crippen LogP contribution in [0.2, 0.25) is 0 Å². The number of benzene rings is 2. The average molecular weight is 244 g/mol. The standard InChI is InChI=1S/C15H17FN2/c1-2-18(14-8-5-7-13(16)10-14)11-12-6-3-4-9-15(12)17/h3-10H,2,11,17H2,1H3. The predicted octanol–water partition coefficient (Wildman–Crippen LogP) is 3.43. The second-order valence-electron chi connectivity index (χ2n) is 4.19. The van der Waals surface area contributed by atoms with Crippen molar-refractivity contribution in [3.05, 3.63) is 59.9 Å². The summed E-state index contributed by atoms with van der Waals surface area (Å²) < 4.78 is 13.2. The van der Waals surface area contributed by atoms with Gasteiger partial charge in [-0.15, -0.1) is 0 Å². The van der Waals surface area contributed by atoms with Gasteiger partial charge < -0.3 is 10.6 Å². The zero-order chi connectivity index (χ0) is 13.0. The van der Waals surface area contributed by atoms with E-state index >= 15 is 0 Å². The lowest BCUT2D eigenvalue weighted by Crippen LogP contribution is -2.22. The van der Waals surface area contributed by atoms with Crippen LogP contribution in [-0.2, 0) is 6.54 Å². The summed E-state index contributed by atoms with van der Waals surface area (Å²) in [5, 5.41) is 0. The van der Waals surface area contributed by atoms with Crippen LogP contribution in [0, 0.1) is 5.82 Å². The van der Waals surface area contributed by atoms with Gasteiger partial charge in [-0.1, -0.05) is 24.3 Å². The van der Waals surface area contributed by atoms with Crippen molar-refractivity contribution in [1.29, 1.82) is 0 Å². The smallest absolute Gasteiger partial charge is 0.125 e. The van der Waals surface area contributed by atoms with E-state index in [4.69, 9.17) is 5.73 Å². The van der Waals surface area contributed by atoms with Crippen molar-refractivity contribution in [2.75, 3.05) is 17.2 Å². The minimum atomic E-state index is -0.216. The molecule has 0 atom stereocenters. The third-order valence-electron chi connectivity index (χ3n) is 2.97. The Balaban J connectivity index is 2.23. The maximum atomic E-state index is 13.2. The summed E-state index contributed by atoms with van der Waals surface area (Å²) in [6.45, 7) is 3.54. The molecule has 0 spiro atoms. The molecule has 0 fully saturated rings.